The van der Waals surface area contributed by atoms with Crippen molar-refractivity contribution in [1.82, 2.24) is 0 Å². The molecule has 0 saturated heterocycles. The summed E-state index contributed by atoms with van der Waals surface area (Å²) in [5.74, 6) is 0. The minimum atomic E-state index is 1.28. The van der Waals surface area contributed by atoms with Crippen molar-refractivity contribution in [2.24, 2.45) is 0 Å². The van der Waals surface area contributed by atoms with Gasteiger partial charge in [-0.05, 0) is 110 Å². The van der Waals surface area contributed by atoms with Crippen LogP contribution in [0.5, 0.6) is 0 Å². The van der Waals surface area contributed by atoms with Gasteiger partial charge < -0.3 is 0 Å². The van der Waals surface area contributed by atoms with Crippen molar-refractivity contribution in [3.63, 3.8) is 0 Å². The van der Waals surface area contributed by atoms with Gasteiger partial charge in [-0.15, -0.1) is 0 Å². The van der Waals surface area contributed by atoms with Gasteiger partial charge in [0, 0.05) is 0 Å². The van der Waals surface area contributed by atoms with Crippen LogP contribution in [0.15, 0.2) is 36.4 Å². The molecule has 33 heavy (non-hydrogen) atoms. The van der Waals surface area contributed by atoms with Crippen LogP contribution in [0.2, 0.25) is 0 Å². The molecule has 0 aliphatic heterocycles. The van der Waals surface area contributed by atoms with Crippen LogP contribution in [-0.2, 0) is 38.5 Å². The van der Waals surface area contributed by atoms with Gasteiger partial charge >= 0.3 is 0 Å². The molecule has 0 saturated carbocycles. The van der Waals surface area contributed by atoms with E-state index in [-0.39, 0.29) is 0 Å². The first-order chi connectivity index (χ1) is 16.4. The van der Waals surface area contributed by atoms with Crippen LogP contribution in [0.4, 0.5) is 0 Å². The predicted molar refractivity (Wildman–Crippen MR) is 144 cm³/mol. The topological polar surface area (TPSA) is 0 Å². The molecule has 0 unspecified atom stereocenters. The Labute approximate surface area is 204 Å². The number of hydrogen-bond acceptors (Lipinski definition) is 0. The molecule has 2 aliphatic carbocycles. The van der Waals surface area contributed by atoms with E-state index >= 15 is 0 Å². The molecule has 0 fully saturated rings. The Morgan fingerprint density at radius 3 is 1.12 bits per heavy atom. The minimum absolute atomic E-state index is 1.28. The lowest BCUT2D eigenvalue weighted by molar-refractivity contribution is 0.604. The molecule has 0 amide bonds. The van der Waals surface area contributed by atoms with E-state index < -0.39 is 0 Å². The van der Waals surface area contributed by atoms with Crippen molar-refractivity contribution < 1.29 is 0 Å². The van der Waals surface area contributed by atoms with Crippen LogP contribution >= 0.6 is 0 Å². The molecule has 5 bridgehead atoms. The zero-order chi connectivity index (χ0) is 22.6. The van der Waals surface area contributed by atoms with Crippen molar-refractivity contribution in [1.29, 1.82) is 0 Å². The third-order valence-corrected chi connectivity index (χ3v) is 8.14. The molecule has 0 atom stereocenters. The lowest BCUT2D eigenvalue weighted by Crippen LogP contribution is -1.99. The van der Waals surface area contributed by atoms with Crippen LogP contribution in [0.1, 0.15) is 130 Å². The van der Waals surface area contributed by atoms with Crippen LogP contribution < -0.4 is 0 Å². The number of rotatable bonds is 0. The van der Waals surface area contributed by atoms with E-state index in [0.717, 1.165) is 0 Å². The summed E-state index contributed by atoms with van der Waals surface area (Å²) in [6, 6.07) is 15.2. The summed E-state index contributed by atoms with van der Waals surface area (Å²) in [5, 5.41) is 0. The first kappa shape index (κ1) is 24.6. The summed E-state index contributed by atoms with van der Waals surface area (Å²) >= 11 is 0. The fraction of sp³-hybridized carbons (Fsp3) is 0.636. The molecule has 0 spiro atoms. The first-order valence-electron chi connectivity index (χ1n) is 14.6. The lowest BCUT2D eigenvalue weighted by Gasteiger charge is -2.13. The Morgan fingerprint density at radius 1 is 0.273 bits per heavy atom. The average molecular weight is 445 g/mol. The van der Waals surface area contributed by atoms with Gasteiger partial charge in [-0.2, -0.15) is 0 Å². The van der Waals surface area contributed by atoms with E-state index in [2.05, 4.69) is 36.4 Å². The second-order valence-corrected chi connectivity index (χ2v) is 11.1. The highest BCUT2D eigenvalue weighted by atomic mass is 14.1. The maximum absolute atomic E-state index is 2.60. The van der Waals surface area contributed by atoms with E-state index in [1.807, 2.05) is 0 Å². The van der Waals surface area contributed by atoms with Gasteiger partial charge in [0.05, 0.1) is 0 Å². The molecule has 180 valence electrons. The van der Waals surface area contributed by atoms with Gasteiger partial charge in [-0.3, -0.25) is 0 Å². The summed E-state index contributed by atoms with van der Waals surface area (Å²) in [6.07, 6.45) is 28.5. The average Bonchev–Trinajstić information content (AvgIpc) is 2.82. The Kier molecular flexibility index (Phi) is 10.4. The van der Waals surface area contributed by atoms with E-state index in [0.29, 0.717) is 0 Å². The van der Waals surface area contributed by atoms with E-state index in [9.17, 15) is 0 Å². The molecule has 2 aliphatic rings. The number of aryl methyl sites for hydroxylation is 6. The van der Waals surface area contributed by atoms with Crippen molar-refractivity contribution >= 4 is 0 Å². The molecule has 0 heteroatoms. The summed E-state index contributed by atoms with van der Waals surface area (Å²) in [7, 11) is 0. The molecule has 2 aromatic carbocycles. The smallest absolute Gasteiger partial charge is 0.0276 e. The Morgan fingerprint density at radius 2 is 0.636 bits per heavy atom. The summed E-state index contributed by atoms with van der Waals surface area (Å²) in [4.78, 5) is 0. The second-order valence-electron chi connectivity index (χ2n) is 11.1. The van der Waals surface area contributed by atoms with Gasteiger partial charge in [-0.25, -0.2) is 0 Å². The molecule has 4 rings (SSSR count). The highest BCUT2D eigenvalue weighted by Gasteiger charge is 2.08. The van der Waals surface area contributed by atoms with Crippen molar-refractivity contribution in [2.75, 3.05) is 0 Å². The first-order valence-corrected chi connectivity index (χ1v) is 14.6. The van der Waals surface area contributed by atoms with Crippen LogP contribution in [0, 0.1) is 0 Å². The normalized spacial score (nSPS) is 20.0. The third kappa shape index (κ3) is 8.62. The Balaban J connectivity index is 1.52. The molecule has 0 nitrogen and oxygen atoms in total. The highest BCUT2D eigenvalue weighted by Crippen LogP contribution is 2.23. The molecular formula is C33H48. The second kappa shape index (κ2) is 14.0. The van der Waals surface area contributed by atoms with Crippen LogP contribution in [-0.4, -0.2) is 0 Å². The minimum Gasteiger partial charge on any atom is -0.0588 e. The molecule has 0 heterocycles. The van der Waals surface area contributed by atoms with Gasteiger partial charge in [0.25, 0.3) is 0 Å². The van der Waals surface area contributed by atoms with E-state index in [1.54, 1.807) is 33.4 Å². The zero-order valence-electron chi connectivity index (χ0n) is 21.3. The number of fused-ring (bicyclic) bond motifs is 9. The van der Waals surface area contributed by atoms with Crippen molar-refractivity contribution in [3.8, 4) is 0 Å². The summed E-state index contributed by atoms with van der Waals surface area (Å²) < 4.78 is 0. The summed E-state index contributed by atoms with van der Waals surface area (Å²) in [5.41, 5.74) is 9.80. The fourth-order valence-corrected chi connectivity index (χ4v) is 6.12. The van der Waals surface area contributed by atoms with Gasteiger partial charge in [0.1, 0.15) is 0 Å². The SMILES string of the molecule is c1cc2c3cc1CCCCCCCc1cc(cc(c1)CCCCCCC3)CCCCCCC2. The standard InChI is InChI=1S/C33H48/c1-4-10-16-28-22-23-32-20-14-8-2-6-12-18-30-24-29(17-11-5-1)25-31(26-30)19-13-7-3-9-15-21-33(32)27-28/h22-27H,1-21H2. The molecule has 2 aromatic rings. The molecule has 0 aromatic heterocycles. The maximum Gasteiger partial charge on any atom is -0.0276 e. The molecule has 0 N–H and O–H groups in total. The van der Waals surface area contributed by atoms with Crippen LogP contribution in [0.25, 0.3) is 0 Å². The quantitative estimate of drug-likeness (QED) is 0.379. The molecular weight excluding hydrogens is 396 g/mol. The Bertz CT molecular complexity index is 829. The Hall–Kier alpha value is -1.56. The highest BCUT2D eigenvalue weighted by molar-refractivity contribution is 5.33. The number of benzene rings is 2. The van der Waals surface area contributed by atoms with E-state index in [1.165, 1.54) is 135 Å². The summed E-state index contributed by atoms with van der Waals surface area (Å²) in [6.45, 7) is 0. The van der Waals surface area contributed by atoms with Crippen molar-refractivity contribution in [2.45, 2.75) is 135 Å². The van der Waals surface area contributed by atoms with Crippen LogP contribution in [0.3, 0.4) is 0 Å². The third-order valence-electron chi connectivity index (χ3n) is 8.14. The monoisotopic (exact) mass is 444 g/mol. The van der Waals surface area contributed by atoms with Gasteiger partial charge in [0.15, 0.2) is 0 Å². The lowest BCUT2D eigenvalue weighted by atomic mass is 9.93. The zero-order valence-corrected chi connectivity index (χ0v) is 21.3. The van der Waals surface area contributed by atoms with Crippen molar-refractivity contribution in [3.05, 3.63) is 69.8 Å². The fourth-order valence-electron chi connectivity index (χ4n) is 6.12. The van der Waals surface area contributed by atoms with Gasteiger partial charge in [0.2, 0.25) is 0 Å². The van der Waals surface area contributed by atoms with E-state index in [4.69, 9.17) is 0 Å². The largest absolute Gasteiger partial charge is 0.0588 e. The number of hydrogen-bond donors (Lipinski definition) is 0. The van der Waals surface area contributed by atoms with Gasteiger partial charge in [-0.1, -0.05) is 94.2 Å². The molecule has 0 radical (unpaired) electrons. The predicted octanol–water partition coefficient (Wildman–Crippen LogP) is 9.52. The maximum atomic E-state index is 2.60.